The highest BCUT2D eigenvalue weighted by molar-refractivity contribution is 5.71. The Balaban J connectivity index is 3.33. The SMILES string of the molecule is C/C=C(/CC(O)(CO)C(F)(F)F)c1ccc(F)c(F)c1OC. The van der Waals surface area contributed by atoms with E-state index >= 15 is 0 Å². The summed E-state index contributed by atoms with van der Waals surface area (Å²) in [5, 5.41) is 18.5. The highest BCUT2D eigenvalue weighted by Gasteiger charge is 2.53. The quantitative estimate of drug-likeness (QED) is 0.818. The van der Waals surface area contributed by atoms with Gasteiger partial charge in [-0.2, -0.15) is 17.6 Å². The van der Waals surface area contributed by atoms with Crippen molar-refractivity contribution in [1.29, 1.82) is 0 Å². The van der Waals surface area contributed by atoms with Gasteiger partial charge in [0.25, 0.3) is 0 Å². The minimum absolute atomic E-state index is 0.139. The van der Waals surface area contributed by atoms with Crippen molar-refractivity contribution in [3.63, 3.8) is 0 Å². The Morgan fingerprint density at radius 1 is 1.27 bits per heavy atom. The van der Waals surface area contributed by atoms with Gasteiger partial charge in [0.1, 0.15) is 0 Å². The third kappa shape index (κ3) is 3.38. The molecule has 0 aliphatic carbocycles. The molecular weight excluding hydrogens is 311 g/mol. The smallest absolute Gasteiger partial charge is 0.419 e. The molecule has 0 aliphatic rings. The first-order chi connectivity index (χ1) is 10.1. The van der Waals surface area contributed by atoms with Crippen LogP contribution in [-0.4, -0.2) is 35.7 Å². The number of halogens is 5. The molecule has 0 saturated heterocycles. The van der Waals surface area contributed by atoms with E-state index in [0.717, 1.165) is 19.2 Å². The lowest BCUT2D eigenvalue weighted by atomic mass is 9.89. The third-order valence-corrected chi connectivity index (χ3v) is 3.22. The van der Waals surface area contributed by atoms with Crippen LogP contribution in [-0.2, 0) is 0 Å². The molecule has 1 unspecified atom stereocenters. The fourth-order valence-electron chi connectivity index (χ4n) is 1.90. The molecule has 22 heavy (non-hydrogen) atoms. The van der Waals surface area contributed by atoms with Gasteiger partial charge in [0.2, 0.25) is 5.82 Å². The number of ether oxygens (including phenoxy) is 1. The number of benzene rings is 1. The number of methoxy groups -OCH3 is 1. The van der Waals surface area contributed by atoms with Gasteiger partial charge in [-0.15, -0.1) is 0 Å². The second-order valence-electron chi connectivity index (χ2n) is 4.62. The van der Waals surface area contributed by atoms with Crippen LogP contribution in [0, 0.1) is 11.6 Å². The van der Waals surface area contributed by atoms with Gasteiger partial charge < -0.3 is 14.9 Å². The van der Waals surface area contributed by atoms with Crippen molar-refractivity contribution >= 4 is 5.57 Å². The van der Waals surface area contributed by atoms with Crippen LogP contribution in [0.5, 0.6) is 5.75 Å². The Kier molecular flexibility index (Phi) is 5.53. The molecule has 2 N–H and O–H groups in total. The molecule has 0 radical (unpaired) electrons. The van der Waals surface area contributed by atoms with Crippen LogP contribution in [0.2, 0.25) is 0 Å². The van der Waals surface area contributed by atoms with E-state index in [1.807, 2.05) is 0 Å². The molecule has 124 valence electrons. The minimum atomic E-state index is -5.10. The highest BCUT2D eigenvalue weighted by atomic mass is 19.4. The van der Waals surface area contributed by atoms with Crippen LogP contribution in [0.4, 0.5) is 22.0 Å². The van der Waals surface area contributed by atoms with E-state index in [1.54, 1.807) is 0 Å². The zero-order valence-electron chi connectivity index (χ0n) is 11.8. The van der Waals surface area contributed by atoms with Crippen LogP contribution >= 0.6 is 0 Å². The summed E-state index contributed by atoms with van der Waals surface area (Å²) in [6.45, 7) is -0.204. The van der Waals surface area contributed by atoms with Gasteiger partial charge in [-0.1, -0.05) is 6.08 Å². The summed E-state index contributed by atoms with van der Waals surface area (Å²) in [5.41, 5.74) is -3.69. The number of aliphatic hydroxyl groups excluding tert-OH is 1. The van der Waals surface area contributed by atoms with E-state index in [4.69, 9.17) is 9.84 Å². The first kappa shape index (κ1) is 18.4. The molecule has 0 heterocycles. The Bertz CT molecular complexity index is 568. The number of alkyl halides is 3. The molecule has 0 spiro atoms. The zero-order valence-corrected chi connectivity index (χ0v) is 11.8. The van der Waals surface area contributed by atoms with Crippen molar-refractivity contribution in [2.45, 2.75) is 25.1 Å². The molecule has 0 amide bonds. The van der Waals surface area contributed by atoms with Crippen molar-refractivity contribution in [3.05, 3.63) is 35.4 Å². The van der Waals surface area contributed by atoms with Crippen LogP contribution in [0.25, 0.3) is 5.57 Å². The second kappa shape index (κ2) is 6.62. The molecule has 0 aromatic heterocycles. The van der Waals surface area contributed by atoms with E-state index in [1.165, 1.54) is 13.0 Å². The van der Waals surface area contributed by atoms with E-state index < -0.39 is 42.2 Å². The van der Waals surface area contributed by atoms with Crippen molar-refractivity contribution in [2.24, 2.45) is 0 Å². The monoisotopic (exact) mass is 326 g/mol. The lowest BCUT2D eigenvalue weighted by molar-refractivity contribution is -0.268. The second-order valence-corrected chi connectivity index (χ2v) is 4.62. The molecule has 0 fully saturated rings. The summed E-state index contributed by atoms with van der Waals surface area (Å²) in [5.74, 6) is -3.14. The first-order valence-electron chi connectivity index (χ1n) is 6.18. The van der Waals surface area contributed by atoms with E-state index in [2.05, 4.69) is 0 Å². The molecule has 0 saturated carbocycles. The fourth-order valence-corrected chi connectivity index (χ4v) is 1.90. The van der Waals surface area contributed by atoms with E-state index in [9.17, 15) is 27.1 Å². The van der Waals surface area contributed by atoms with Gasteiger partial charge in [-0.05, 0) is 24.6 Å². The fraction of sp³-hybridized carbons (Fsp3) is 0.429. The maximum atomic E-state index is 13.6. The van der Waals surface area contributed by atoms with Gasteiger partial charge in [-0.3, -0.25) is 0 Å². The van der Waals surface area contributed by atoms with Crippen molar-refractivity contribution < 1.29 is 36.9 Å². The average molecular weight is 326 g/mol. The summed E-state index contributed by atoms with van der Waals surface area (Å²) in [6, 6.07) is 1.78. The first-order valence-corrected chi connectivity index (χ1v) is 6.18. The van der Waals surface area contributed by atoms with Crippen molar-refractivity contribution in [3.8, 4) is 5.75 Å². The Morgan fingerprint density at radius 3 is 2.27 bits per heavy atom. The average Bonchev–Trinajstić information content (AvgIpc) is 2.46. The molecule has 1 rings (SSSR count). The lowest BCUT2D eigenvalue weighted by Gasteiger charge is -2.29. The maximum absolute atomic E-state index is 13.6. The molecule has 8 heteroatoms. The van der Waals surface area contributed by atoms with Crippen LogP contribution in [0.15, 0.2) is 18.2 Å². The topological polar surface area (TPSA) is 49.7 Å². The predicted octanol–water partition coefficient (Wildman–Crippen LogP) is 3.05. The van der Waals surface area contributed by atoms with Gasteiger partial charge in [0.15, 0.2) is 17.2 Å². The number of hydrogen-bond acceptors (Lipinski definition) is 3. The largest absolute Gasteiger partial charge is 0.493 e. The summed E-state index contributed by atoms with van der Waals surface area (Å²) in [7, 11) is 1.04. The summed E-state index contributed by atoms with van der Waals surface area (Å²) in [6.07, 6.45) is -4.94. The van der Waals surface area contributed by atoms with Crippen LogP contribution in [0.3, 0.4) is 0 Å². The lowest BCUT2D eigenvalue weighted by Crippen LogP contribution is -2.48. The van der Waals surface area contributed by atoms with Gasteiger partial charge in [0, 0.05) is 12.0 Å². The van der Waals surface area contributed by atoms with Gasteiger partial charge in [0.05, 0.1) is 13.7 Å². The van der Waals surface area contributed by atoms with Gasteiger partial charge in [-0.25, -0.2) is 4.39 Å². The molecule has 1 atom stereocenters. The van der Waals surface area contributed by atoms with Crippen molar-refractivity contribution in [1.82, 2.24) is 0 Å². The number of rotatable bonds is 5. The number of allylic oxidation sites excluding steroid dienone is 1. The normalized spacial score (nSPS) is 15.6. The molecule has 1 aromatic carbocycles. The van der Waals surface area contributed by atoms with Crippen LogP contribution in [0.1, 0.15) is 18.9 Å². The van der Waals surface area contributed by atoms with Crippen molar-refractivity contribution in [2.75, 3.05) is 13.7 Å². The Labute approximate surface area is 123 Å². The number of aliphatic hydroxyl groups is 2. The zero-order chi connectivity index (χ0) is 17.1. The molecule has 0 bridgehead atoms. The standard InChI is InChI=1S/C14H15F5O3/c1-3-8(6-13(21,7-20)14(17,18)19)9-4-5-10(15)11(16)12(9)22-2/h3-5,20-21H,6-7H2,1-2H3/b8-3-. The maximum Gasteiger partial charge on any atom is 0.419 e. The third-order valence-electron chi connectivity index (χ3n) is 3.22. The predicted molar refractivity (Wildman–Crippen MR) is 69.3 cm³/mol. The molecule has 3 nitrogen and oxygen atoms in total. The highest BCUT2D eigenvalue weighted by Crippen LogP contribution is 2.40. The van der Waals surface area contributed by atoms with Crippen LogP contribution < -0.4 is 4.74 Å². The Morgan fingerprint density at radius 2 is 1.86 bits per heavy atom. The molecule has 1 aromatic rings. The molecular formula is C14H15F5O3. The summed E-state index contributed by atoms with van der Waals surface area (Å²) in [4.78, 5) is 0. The molecule has 0 aliphatic heterocycles. The van der Waals surface area contributed by atoms with E-state index in [0.29, 0.717) is 0 Å². The van der Waals surface area contributed by atoms with Gasteiger partial charge >= 0.3 is 6.18 Å². The number of hydrogen-bond donors (Lipinski definition) is 2. The summed E-state index contributed by atoms with van der Waals surface area (Å²) >= 11 is 0. The van der Waals surface area contributed by atoms with E-state index in [-0.39, 0.29) is 11.1 Å². The Hall–Kier alpha value is -1.67. The minimum Gasteiger partial charge on any atom is -0.493 e. The summed E-state index contributed by atoms with van der Waals surface area (Å²) < 4.78 is 70.0.